The monoisotopic (exact) mass is 381 g/mol. The minimum atomic E-state index is -0.188. The molecule has 0 atom stereocenters. The minimum absolute atomic E-state index is 0.188. The Morgan fingerprint density at radius 2 is 1.79 bits per heavy atom. The van der Waals surface area contributed by atoms with Crippen LogP contribution >= 0.6 is 15.9 Å². The van der Waals surface area contributed by atoms with Gasteiger partial charge in [-0.2, -0.15) is 0 Å². The van der Waals surface area contributed by atoms with E-state index in [1.54, 1.807) is 18.3 Å². The second-order valence-electron chi connectivity index (χ2n) is 5.39. The summed E-state index contributed by atoms with van der Waals surface area (Å²) in [6.45, 7) is 2.04. The number of rotatable bonds is 4. The molecular formula is C19H16BrN3O. The molecule has 0 aliphatic carbocycles. The third-order valence-corrected chi connectivity index (χ3v) is 3.95. The highest BCUT2D eigenvalue weighted by Crippen LogP contribution is 2.17. The van der Waals surface area contributed by atoms with Crippen LogP contribution in [0.25, 0.3) is 0 Å². The van der Waals surface area contributed by atoms with Crippen molar-refractivity contribution in [3.8, 4) is 0 Å². The third kappa shape index (κ3) is 4.20. The highest BCUT2D eigenvalue weighted by Gasteiger charge is 2.07. The van der Waals surface area contributed by atoms with Gasteiger partial charge in [-0.3, -0.25) is 4.79 Å². The lowest BCUT2D eigenvalue weighted by atomic mass is 10.2. The number of hydrogen-bond acceptors (Lipinski definition) is 3. The second-order valence-corrected chi connectivity index (χ2v) is 6.30. The number of aryl methyl sites for hydroxylation is 1. The smallest absolute Gasteiger partial charge is 0.257 e. The van der Waals surface area contributed by atoms with E-state index in [-0.39, 0.29) is 5.91 Å². The Morgan fingerprint density at radius 1 is 1.00 bits per heavy atom. The number of hydrogen-bond donors (Lipinski definition) is 2. The van der Waals surface area contributed by atoms with E-state index in [9.17, 15) is 4.79 Å². The average molecular weight is 382 g/mol. The predicted octanol–water partition coefficient (Wildman–Crippen LogP) is 5.15. The molecule has 0 fully saturated rings. The maximum absolute atomic E-state index is 12.2. The van der Waals surface area contributed by atoms with E-state index in [1.165, 1.54) is 5.56 Å². The van der Waals surface area contributed by atoms with Crippen LogP contribution in [-0.2, 0) is 0 Å². The number of nitrogens with one attached hydrogen (secondary N) is 2. The van der Waals surface area contributed by atoms with Gasteiger partial charge in [0.25, 0.3) is 5.91 Å². The fourth-order valence-corrected chi connectivity index (χ4v) is 2.47. The number of carbonyl (C=O) groups excluding carboxylic acids is 1. The SMILES string of the molecule is Cc1cccc(Nc2ccc(C(=O)Nc3ccc(Br)cc3)cn2)c1. The van der Waals surface area contributed by atoms with Crippen molar-refractivity contribution in [2.24, 2.45) is 0 Å². The highest BCUT2D eigenvalue weighted by atomic mass is 79.9. The molecule has 0 spiro atoms. The summed E-state index contributed by atoms with van der Waals surface area (Å²) in [6, 6.07) is 19.0. The van der Waals surface area contributed by atoms with Crippen LogP contribution in [0.2, 0.25) is 0 Å². The van der Waals surface area contributed by atoms with Gasteiger partial charge in [-0.25, -0.2) is 4.98 Å². The van der Waals surface area contributed by atoms with Crippen LogP contribution in [0.5, 0.6) is 0 Å². The number of pyridine rings is 1. The molecule has 1 amide bonds. The summed E-state index contributed by atoms with van der Waals surface area (Å²) in [6.07, 6.45) is 1.56. The number of halogens is 1. The maximum atomic E-state index is 12.2. The fraction of sp³-hybridized carbons (Fsp3) is 0.0526. The molecule has 2 aromatic carbocycles. The van der Waals surface area contributed by atoms with E-state index in [1.807, 2.05) is 55.5 Å². The van der Waals surface area contributed by atoms with Crippen molar-refractivity contribution in [2.75, 3.05) is 10.6 Å². The van der Waals surface area contributed by atoms with Crippen molar-refractivity contribution < 1.29 is 4.79 Å². The predicted molar refractivity (Wildman–Crippen MR) is 101 cm³/mol. The lowest BCUT2D eigenvalue weighted by Gasteiger charge is -2.08. The average Bonchev–Trinajstić information content (AvgIpc) is 2.57. The van der Waals surface area contributed by atoms with Crippen LogP contribution in [0.3, 0.4) is 0 Å². The zero-order valence-corrected chi connectivity index (χ0v) is 14.7. The van der Waals surface area contributed by atoms with Crippen LogP contribution in [0.15, 0.2) is 71.3 Å². The van der Waals surface area contributed by atoms with Gasteiger partial charge in [0, 0.05) is 22.0 Å². The summed E-state index contributed by atoms with van der Waals surface area (Å²) in [5.41, 5.74) is 3.39. The van der Waals surface area contributed by atoms with Gasteiger partial charge in [0.05, 0.1) is 5.56 Å². The van der Waals surface area contributed by atoms with Crippen LogP contribution in [0, 0.1) is 6.92 Å². The van der Waals surface area contributed by atoms with Crippen molar-refractivity contribution in [3.05, 3.63) is 82.5 Å². The summed E-state index contributed by atoms with van der Waals surface area (Å²) in [5.74, 6) is 0.507. The molecule has 3 rings (SSSR count). The van der Waals surface area contributed by atoms with E-state index in [0.717, 1.165) is 15.8 Å². The Balaban J connectivity index is 1.67. The first-order valence-electron chi connectivity index (χ1n) is 7.47. The third-order valence-electron chi connectivity index (χ3n) is 3.42. The summed E-state index contributed by atoms with van der Waals surface area (Å²) in [7, 11) is 0. The van der Waals surface area contributed by atoms with Gasteiger partial charge < -0.3 is 10.6 Å². The number of anilines is 3. The van der Waals surface area contributed by atoms with Gasteiger partial charge in [0.2, 0.25) is 0 Å². The van der Waals surface area contributed by atoms with Gasteiger partial charge in [-0.1, -0.05) is 28.1 Å². The molecule has 2 N–H and O–H groups in total. The van der Waals surface area contributed by atoms with Gasteiger partial charge in [-0.05, 0) is 61.0 Å². The maximum Gasteiger partial charge on any atom is 0.257 e. The highest BCUT2D eigenvalue weighted by molar-refractivity contribution is 9.10. The van der Waals surface area contributed by atoms with Gasteiger partial charge >= 0.3 is 0 Å². The summed E-state index contributed by atoms with van der Waals surface area (Å²) < 4.78 is 0.966. The van der Waals surface area contributed by atoms with Crippen LogP contribution in [0.4, 0.5) is 17.2 Å². The first-order chi connectivity index (χ1) is 11.6. The first kappa shape index (κ1) is 16.2. The van der Waals surface area contributed by atoms with E-state index in [2.05, 4.69) is 31.5 Å². The van der Waals surface area contributed by atoms with Crippen LogP contribution < -0.4 is 10.6 Å². The number of nitrogens with zero attached hydrogens (tertiary/aromatic N) is 1. The Bertz CT molecular complexity index is 845. The molecular weight excluding hydrogens is 366 g/mol. The summed E-state index contributed by atoms with van der Waals surface area (Å²) in [5, 5.41) is 6.06. The topological polar surface area (TPSA) is 54.0 Å². The molecule has 0 radical (unpaired) electrons. The lowest BCUT2D eigenvalue weighted by Crippen LogP contribution is -2.12. The van der Waals surface area contributed by atoms with Gasteiger partial charge in [0.15, 0.2) is 0 Å². The number of amides is 1. The molecule has 24 heavy (non-hydrogen) atoms. The molecule has 5 heteroatoms. The van der Waals surface area contributed by atoms with Crippen LogP contribution in [-0.4, -0.2) is 10.9 Å². The molecule has 0 aliphatic heterocycles. The van der Waals surface area contributed by atoms with Crippen molar-refractivity contribution >= 4 is 39.0 Å². The molecule has 1 aromatic heterocycles. The molecule has 3 aromatic rings. The molecule has 0 unspecified atom stereocenters. The quantitative estimate of drug-likeness (QED) is 0.656. The Hall–Kier alpha value is -2.66. The first-order valence-corrected chi connectivity index (χ1v) is 8.26. The molecule has 0 aliphatic rings. The fourth-order valence-electron chi connectivity index (χ4n) is 2.21. The largest absolute Gasteiger partial charge is 0.340 e. The number of carbonyl (C=O) groups is 1. The molecule has 0 bridgehead atoms. The van der Waals surface area contributed by atoms with E-state index in [0.29, 0.717) is 11.4 Å². The zero-order chi connectivity index (χ0) is 16.9. The number of benzene rings is 2. The van der Waals surface area contributed by atoms with Crippen molar-refractivity contribution in [1.82, 2.24) is 4.98 Å². The summed E-state index contributed by atoms with van der Waals surface area (Å²) in [4.78, 5) is 16.5. The Morgan fingerprint density at radius 3 is 2.46 bits per heavy atom. The second kappa shape index (κ2) is 7.27. The summed E-state index contributed by atoms with van der Waals surface area (Å²) >= 11 is 3.37. The van der Waals surface area contributed by atoms with E-state index < -0.39 is 0 Å². The van der Waals surface area contributed by atoms with E-state index in [4.69, 9.17) is 0 Å². The van der Waals surface area contributed by atoms with Crippen molar-refractivity contribution in [1.29, 1.82) is 0 Å². The Labute approximate surface area is 149 Å². The normalized spacial score (nSPS) is 10.2. The Kier molecular flexibility index (Phi) is 4.91. The van der Waals surface area contributed by atoms with Gasteiger partial charge in [0.1, 0.15) is 5.82 Å². The van der Waals surface area contributed by atoms with Crippen molar-refractivity contribution in [2.45, 2.75) is 6.92 Å². The minimum Gasteiger partial charge on any atom is -0.340 e. The van der Waals surface area contributed by atoms with Gasteiger partial charge in [-0.15, -0.1) is 0 Å². The van der Waals surface area contributed by atoms with Crippen LogP contribution in [0.1, 0.15) is 15.9 Å². The molecule has 120 valence electrons. The standard InChI is InChI=1S/C19H16BrN3O/c1-13-3-2-4-17(11-13)22-18-10-5-14(12-21-18)19(24)23-16-8-6-15(20)7-9-16/h2-12H,1H3,(H,21,22)(H,23,24). The van der Waals surface area contributed by atoms with Crippen molar-refractivity contribution in [3.63, 3.8) is 0 Å². The number of aromatic nitrogens is 1. The lowest BCUT2D eigenvalue weighted by molar-refractivity contribution is 0.102. The molecule has 1 heterocycles. The molecule has 0 saturated heterocycles. The molecule has 4 nitrogen and oxygen atoms in total. The molecule has 0 saturated carbocycles. The zero-order valence-electron chi connectivity index (χ0n) is 13.1. The van der Waals surface area contributed by atoms with E-state index >= 15 is 0 Å².